The summed E-state index contributed by atoms with van der Waals surface area (Å²) in [5.74, 6) is -1.00. The number of carboxylic acids is 1. The second kappa shape index (κ2) is 6.07. The first-order valence-electron chi connectivity index (χ1n) is 7.58. The van der Waals surface area contributed by atoms with Gasteiger partial charge in [-0.3, -0.25) is 9.59 Å². The van der Waals surface area contributed by atoms with E-state index < -0.39 is 36.2 Å². The molecule has 0 fully saturated rings. The lowest BCUT2D eigenvalue weighted by molar-refractivity contribution is -0.155. The first kappa shape index (κ1) is 18.2. The molecule has 1 aliphatic heterocycles. The summed E-state index contributed by atoms with van der Waals surface area (Å²) in [6.07, 6.45) is -3.26. The Balaban J connectivity index is 2.67. The van der Waals surface area contributed by atoms with Crippen LogP contribution in [0.4, 0.5) is 0 Å². The SMILES string of the molecule is CC(=O)Oc1c(C)c(C)c2c(c1C)C(O)C(O)C(C)(CC(=O)O)O2. The van der Waals surface area contributed by atoms with Crippen LogP contribution in [0.15, 0.2) is 0 Å². The Morgan fingerprint density at radius 3 is 2.25 bits per heavy atom. The Morgan fingerprint density at radius 2 is 1.75 bits per heavy atom. The molecule has 1 heterocycles. The Bertz CT molecular complexity index is 710. The van der Waals surface area contributed by atoms with Crippen LogP contribution in [-0.2, 0) is 9.59 Å². The van der Waals surface area contributed by atoms with E-state index in [0.717, 1.165) is 0 Å². The minimum absolute atomic E-state index is 0.310. The lowest BCUT2D eigenvalue weighted by Gasteiger charge is -2.43. The van der Waals surface area contributed by atoms with Gasteiger partial charge < -0.3 is 24.8 Å². The van der Waals surface area contributed by atoms with E-state index in [9.17, 15) is 19.8 Å². The molecule has 0 spiro atoms. The van der Waals surface area contributed by atoms with Gasteiger partial charge in [-0.2, -0.15) is 0 Å². The number of hydrogen-bond acceptors (Lipinski definition) is 6. The average Bonchev–Trinajstić information content (AvgIpc) is 2.46. The highest BCUT2D eigenvalue weighted by atomic mass is 16.5. The normalized spacial score (nSPS) is 25.6. The maximum atomic E-state index is 11.3. The first-order valence-corrected chi connectivity index (χ1v) is 7.58. The van der Waals surface area contributed by atoms with Crippen LogP contribution in [0.25, 0.3) is 0 Å². The van der Waals surface area contributed by atoms with Crippen LogP contribution >= 0.6 is 0 Å². The third-order valence-electron chi connectivity index (χ3n) is 4.54. The molecule has 7 heteroatoms. The molecule has 1 aromatic carbocycles. The fraction of sp³-hybridized carbons (Fsp3) is 0.529. The van der Waals surface area contributed by atoms with Gasteiger partial charge in [-0.25, -0.2) is 0 Å². The monoisotopic (exact) mass is 338 g/mol. The van der Waals surface area contributed by atoms with Gasteiger partial charge in [-0.05, 0) is 38.8 Å². The standard InChI is InChI=1S/C17H22O7/c1-7-8(2)15-12(9(3)14(7)23-10(4)18)13(21)16(22)17(5,24-15)6-11(19)20/h13,16,21-22H,6H2,1-5H3,(H,19,20). The Kier molecular flexibility index (Phi) is 4.61. The molecule has 0 amide bonds. The van der Waals surface area contributed by atoms with Crippen molar-refractivity contribution in [3.8, 4) is 11.5 Å². The largest absolute Gasteiger partial charge is 0.483 e. The second-order valence-electron chi connectivity index (χ2n) is 6.42. The molecule has 1 aliphatic rings. The zero-order valence-corrected chi connectivity index (χ0v) is 14.3. The van der Waals surface area contributed by atoms with Crippen molar-refractivity contribution in [1.29, 1.82) is 0 Å². The van der Waals surface area contributed by atoms with Crippen LogP contribution in [0.1, 0.15) is 48.6 Å². The van der Waals surface area contributed by atoms with Gasteiger partial charge in [0.15, 0.2) is 0 Å². The predicted octanol–water partition coefficient (Wildman–Crippen LogP) is 1.56. The van der Waals surface area contributed by atoms with Crippen LogP contribution in [0.5, 0.6) is 11.5 Å². The van der Waals surface area contributed by atoms with Gasteiger partial charge in [-0.15, -0.1) is 0 Å². The topological polar surface area (TPSA) is 113 Å². The van der Waals surface area contributed by atoms with Crippen molar-refractivity contribution < 1.29 is 34.4 Å². The summed E-state index contributed by atoms with van der Waals surface area (Å²) >= 11 is 0. The Morgan fingerprint density at radius 1 is 1.17 bits per heavy atom. The Labute approximate surface area is 139 Å². The highest BCUT2D eigenvalue weighted by molar-refractivity contribution is 5.73. The zero-order chi connectivity index (χ0) is 18.4. The van der Waals surface area contributed by atoms with Gasteiger partial charge in [0.05, 0.1) is 6.42 Å². The Hall–Kier alpha value is -2.12. The third-order valence-corrected chi connectivity index (χ3v) is 4.54. The van der Waals surface area contributed by atoms with Crippen LogP contribution in [0, 0.1) is 20.8 Å². The average molecular weight is 338 g/mol. The minimum atomic E-state index is -1.47. The highest BCUT2D eigenvalue weighted by Crippen LogP contribution is 2.48. The fourth-order valence-electron chi connectivity index (χ4n) is 3.13. The number of ether oxygens (including phenoxy) is 2. The molecular formula is C17H22O7. The molecule has 0 saturated carbocycles. The van der Waals surface area contributed by atoms with Gasteiger partial charge in [0.1, 0.15) is 29.3 Å². The number of aliphatic hydroxyl groups is 2. The van der Waals surface area contributed by atoms with Crippen molar-refractivity contribution in [2.75, 3.05) is 0 Å². The van der Waals surface area contributed by atoms with Crippen LogP contribution in [0.3, 0.4) is 0 Å². The smallest absolute Gasteiger partial charge is 0.308 e. The van der Waals surface area contributed by atoms with E-state index >= 15 is 0 Å². The summed E-state index contributed by atoms with van der Waals surface area (Å²) in [6, 6.07) is 0. The molecule has 0 aromatic heterocycles. The van der Waals surface area contributed by atoms with Gasteiger partial charge in [0.2, 0.25) is 0 Å². The number of hydrogen-bond donors (Lipinski definition) is 3. The van der Waals surface area contributed by atoms with Gasteiger partial charge in [0.25, 0.3) is 0 Å². The lowest BCUT2D eigenvalue weighted by atomic mass is 9.81. The molecule has 1 aromatic rings. The van der Waals surface area contributed by atoms with Gasteiger partial charge >= 0.3 is 11.9 Å². The van der Waals surface area contributed by atoms with E-state index in [0.29, 0.717) is 33.8 Å². The fourth-order valence-corrected chi connectivity index (χ4v) is 3.13. The van der Waals surface area contributed by atoms with Crippen LogP contribution < -0.4 is 9.47 Å². The van der Waals surface area contributed by atoms with Gasteiger partial charge in [0, 0.05) is 18.1 Å². The maximum absolute atomic E-state index is 11.3. The molecule has 2 rings (SSSR count). The molecular weight excluding hydrogens is 316 g/mol. The molecule has 0 radical (unpaired) electrons. The summed E-state index contributed by atoms with van der Waals surface area (Å²) in [6.45, 7) is 7.85. The van der Waals surface area contributed by atoms with E-state index in [4.69, 9.17) is 14.6 Å². The lowest BCUT2D eigenvalue weighted by Crippen LogP contribution is -2.52. The molecule has 3 atom stereocenters. The van der Waals surface area contributed by atoms with E-state index in [1.165, 1.54) is 13.8 Å². The number of aliphatic hydroxyl groups excluding tert-OH is 2. The zero-order valence-electron chi connectivity index (χ0n) is 14.3. The number of fused-ring (bicyclic) bond motifs is 1. The number of rotatable bonds is 3. The predicted molar refractivity (Wildman–Crippen MR) is 84.2 cm³/mol. The van der Waals surface area contributed by atoms with Crippen LogP contribution in [0.2, 0.25) is 0 Å². The molecule has 132 valence electrons. The van der Waals surface area contributed by atoms with Crippen molar-refractivity contribution in [2.45, 2.75) is 58.8 Å². The van der Waals surface area contributed by atoms with E-state index in [2.05, 4.69) is 0 Å². The van der Waals surface area contributed by atoms with Gasteiger partial charge in [-0.1, -0.05) is 0 Å². The summed E-state index contributed by atoms with van der Waals surface area (Å²) in [5, 5.41) is 30.0. The van der Waals surface area contributed by atoms with Crippen LogP contribution in [-0.4, -0.2) is 39.0 Å². The summed E-state index contributed by atoms with van der Waals surface area (Å²) in [5.41, 5.74) is 0.597. The summed E-state index contributed by atoms with van der Waals surface area (Å²) in [7, 11) is 0. The van der Waals surface area contributed by atoms with E-state index in [1.54, 1.807) is 20.8 Å². The molecule has 7 nitrogen and oxygen atoms in total. The summed E-state index contributed by atoms with van der Waals surface area (Å²) < 4.78 is 11.1. The molecule has 0 saturated heterocycles. The first-order chi connectivity index (χ1) is 11.0. The number of carbonyl (C=O) groups excluding carboxylic acids is 1. The number of carboxylic acid groups (broad SMARTS) is 1. The quantitative estimate of drug-likeness (QED) is 0.566. The molecule has 3 N–H and O–H groups in total. The molecule has 0 bridgehead atoms. The number of aliphatic carboxylic acids is 1. The van der Waals surface area contributed by atoms with Crippen molar-refractivity contribution in [3.63, 3.8) is 0 Å². The second-order valence-corrected chi connectivity index (χ2v) is 6.42. The number of benzene rings is 1. The molecule has 24 heavy (non-hydrogen) atoms. The maximum Gasteiger partial charge on any atom is 0.308 e. The van der Waals surface area contributed by atoms with Crippen molar-refractivity contribution in [3.05, 3.63) is 22.3 Å². The van der Waals surface area contributed by atoms with Crippen molar-refractivity contribution in [2.24, 2.45) is 0 Å². The van der Waals surface area contributed by atoms with Crippen molar-refractivity contribution in [1.82, 2.24) is 0 Å². The highest BCUT2D eigenvalue weighted by Gasteiger charge is 2.48. The third kappa shape index (κ3) is 2.85. The molecule has 3 unspecified atom stereocenters. The molecule has 0 aliphatic carbocycles. The summed E-state index contributed by atoms with van der Waals surface area (Å²) in [4.78, 5) is 22.4. The number of carbonyl (C=O) groups is 2. The number of esters is 1. The van der Waals surface area contributed by atoms with E-state index in [-0.39, 0.29) is 0 Å². The van der Waals surface area contributed by atoms with Crippen molar-refractivity contribution >= 4 is 11.9 Å². The van der Waals surface area contributed by atoms with E-state index in [1.807, 2.05) is 0 Å². The minimum Gasteiger partial charge on any atom is -0.483 e.